The Kier molecular flexibility index (Phi) is 54.4. The van der Waals surface area contributed by atoms with Crippen molar-refractivity contribution in [2.24, 2.45) is 0 Å². The molecule has 0 amide bonds. The van der Waals surface area contributed by atoms with Crippen LogP contribution < -0.4 is 0 Å². The van der Waals surface area contributed by atoms with Crippen LogP contribution in [-0.2, 0) is 28.6 Å². The molecule has 0 saturated heterocycles. The third-order valence-electron chi connectivity index (χ3n) is 12.0. The molecule has 0 aliphatic carbocycles. The van der Waals surface area contributed by atoms with E-state index in [4.69, 9.17) is 14.2 Å². The minimum Gasteiger partial charge on any atom is -0.462 e. The fourth-order valence-corrected chi connectivity index (χ4v) is 7.65. The zero-order chi connectivity index (χ0) is 50.7. The predicted octanol–water partition coefficient (Wildman–Crippen LogP) is 19.5. The van der Waals surface area contributed by atoms with Crippen molar-refractivity contribution in [2.45, 2.75) is 264 Å². The van der Waals surface area contributed by atoms with Crippen molar-refractivity contribution in [3.8, 4) is 0 Å². The number of allylic oxidation sites excluding steroid dienone is 18. The highest BCUT2D eigenvalue weighted by Crippen LogP contribution is 2.12. The van der Waals surface area contributed by atoms with Crippen molar-refractivity contribution in [1.29, 1.82) is 0 Å². The molecule has 0 aromatic carbocycles. The quantitative estimate of drug-likeness (QED) is 0.0199. The molecule has 398 valence electrons. The van der Waals surface area contributed by atoms with E-state index >= 15 is 0 Å². The van der Waals surface area contributed by atoms with E-state index in [0.29, 0.717) is 19.3 Å². The Morgan fingerprint density at radius 3 is 0.971 bits per heavy atom. The number of hydrogen-bond donors (Lipinski definition) is 0. The van der Waals surface area contributed by atoms with Crippen LogP contribution in [0, 0.1) is 0 Å². The number of carbonyl (C=O) groups is 3. The summed E-state index contributed by atoms with van der Waals surface area (Å²) in [5, 5.41) is 0. The lowest BCUT2D eigenvalue weighted by Gasteiger charge is -2.18. The van der Waals surface area contributed by atoms with Crippen LogP contribution in [0.15, 0.2) is 109 Å². The van der Waals surface area contributed by atoms with Crippen LogP contribution >= 0.6 is 0 Å². The molecule has 0 N–H and O–H groups in total. The van der Waals surface area contributed by atoms with Crippen molar-refractivity contribution in [2.75, 3.05) is 13.2 Å². The second-order valence-electron chi connectivity index (χ2n) is 18.9. The van der Waals surface area contributed by atoms with Crippen LogP contribution in [0.1, 0.15) is 258 Å². The number of carbonyl (C=O) groups excluding carboxylic acids is 3. The number of ether oxygens (including phenoxy) is 3. The van der Waals surface area contributed by atoms with E-state index in [1.54, 1.807) is 0 Å². The summed E-state index contributed by atoms with van der Waals surface area (Å²) in [5.41, 5.74) is 0. The summed E-state index contributed by atoms with van der Waals surface area (Å²) < 4.78 is 16.8. The molecule has 0 bridgehead atoms. The van der Waals surface area contributed by atoms with E-state index < -0.39 is 6.10 Å². The normalized spacial score (nSPS) is 12.9. The van der Waals surface area contributed by atoms with E-state index in [1.165, 1.54) is 122 Å². The van der Waals surface area contributed by atoms with Gasteiger partial charge in [-0.2, -0.15) is 0 Å². The van der Waals surface area contributed by atoms with Gasteiger partial charge in [0.1, 0.15) is 13.2 Å². The maximum atomic E-state index is 12.8. The predicted molar refractivity (Wildman–Crippen MR) is 302 cm³/mol. The number of hydrogen-bond acceptors (Lipinski definition) is 6. The first kappa shape index (κ1) is 66.1. The maximum Gasteiger partial charge on any atom is 0.306 e. The molecule has 0 aliphatic heterocycles. The zero-order valence-electron chi connectivity index (χ0n) is 45.5. The van der Waals surface area contributed by atoms with Crippen LogP contribution in [0.3, 0.4) is 0 Å². The molecule has 0 aliphatic rings. The van der Waals surface area contributed by atoms with E-state index in [-0.39, 0.29) is 44.0 Å². The first-order chi connectivity index (χ1) is 34.5. The van der Waals surface area contributed by atoms with E-state index in [0.717, 1.165) is 83.5 Å². The zero-order valence-corrected chi connectivity index (χ0v) is 45.5. The Morgan fingerprint density at radius 2 is 0.586 bits per heavy atom. The summed E-state index contributed by atoms with van der Waals surface area (Å²) in [4.78, 5) is 38.1. The van der Waals surface area contributed by atoms with Gasteiger partial charge in [-0.15, -0.1) is 0 Å². The fraction of sp³-hybridized carbons (Fsp3) is 0.672. The van der Waals surface area contributed by atoms with E-state index in [1.807, 2.05) is 0 Å². The molecule has 70 heavy (non-hydrogen) atoms. The number of unbranched alkanes of at least 4 members (excludes halogenated alkanes) is 24. The van der Waals surface area contributed by atoms with Crippen molar-refractivity contribution in [3.63, 3.8) is 0 Å². The topological polar surface area (TPSA) is 78.9 Å². The highest BCUT2D eigenvalue weighted by Gasteiger charge is 2.19. The van der Waals surface area contributed by atoms with Gasteiger partial charge in [-0.3, -0.25) is 14.4 Å². The smallest absolute Gasteiger partial charge is 0.306 e. The van der Waals surface area contributed by atoms with Crippen molar-refractivity contribution >= 4 is 17.9 Å². The summed E-state index contributed by atoms with van der Waals surface area (Å²) in [6.45, 7) is 6.51. The molecule has 0 radical (unpaired) electrons. The van der Waals surface area contributed by atoms with Crippen molar-refractivity contribution in [3.05, 3.63) is 109 Å². The molecule has 6 nitrogen and oxygen atoms in total. The van der Waals surface area contributed by atoms with Crippen molar-refractivity contribution < 1.29 is 28.6 Å². The van der Waals surface area contributed by atoms with Gasteiger partial charge < -0.3 is 14.2 Å². The van der Waals surface area contributed by atoms with Gasteiger partial charge in [-0.1, -0.05) is 239 Å². The first-order valence-electron chi connectivity index (χ1n) is 28.9. The lowest BCUT2D eigenvalue weighted by molar-refractivity contribution is -0.167. The maximum absolute atomic E-state index is 12.8. The highest BCUT2D eigenvalue weighted by atomic mass is 16.6. The molecule has 1 unspecified atom stereocenters. The minimum absolute atomic E-state index is 0.126. The van der Waals surface area contributed by atoms with Gasteiger partial charge >= 0.3 is 17.9 Å². The van der Waals surface area contributed by atoms with Crippen LogP contribution in [0.2, 0.25) is 0 Å². The third kappa shape index (κ3) is 55.0. The largest absolute Gasteiger partial charge is 0.462 e. The molecular weight excluding hydrogens is 865 g/mol. The molecule has 0 rings (SSSR count). The summed E-state index contributed by atoms with van der Waals surface area (Å²) in [5.74, 6) is -1.05. The summed E-state index contributed by atoms with van der Waals surface area (Å²) in [6.07, 6.45) is 78.0. The van der Waals surface area contributed by atoms with Gasteiger partial charge in [-0.05, 0) is 109 Å². The second kappa shape index (κ2) is 57.6. The fourth-order valence-electron chi connectivity index (χ4n) is 7.65. The second-order valence-corrected chi connectivity index (χ2v) is 18.9. The lowest BCUT2D eigenvalue weighted by atomic mass is 10.1. The van der Waals surface area contributed by atoms with Crippen molar-refractivity contribution in [1.82, 2.24) is 0 Å². The Morgan fingerprint density at radius 1 is 0.300 bits per heavy atom. The van der Waals surface area contributed by atoms with Gasteiger partial charge in [0.15, 0.2) is 6.10 Å². The molecule has 0 fully saturated rings. The Labute approximate surface area is 431 Å². The highest BCUT2D eigenvalue weighted by molar-refractivity contribution is 5.71. The minimum atomic E-state index is -0.836. The lowest BCUT2D eigenvalue weighted by Crippen LogP contribution is -2.30. The van der Waals surface area contributed by atoms with Gasteiger partial charge in [0.2, 0.25) is 0 Å². The van der Waals surface area contributed by atoms with Crippen LogP contribution in [0.5, 0.6) is 0 Å². The third-order valence-corrected chi connectivity index (χ3v) is 12.0. The van der Waals surface area contributed by atoms with Gasteiger partial charge in [0.05, 0.1) is 0 Å². The molecule has 0 spiro atoms. The average molecular weight is 972 g/mol. The number of esters is 3. The van der Waals surface area contributed by atoms with Crippen LogP contribution in [0.25, 0.3) is 0 Å². The average Bonchev–Trinajstić information content (AvgIpc) is 3.36. The SMILES string of the molecule is CCCCCCC\C=C/C=C\C=C/CCCCCCCC(=O)OCC(COC(=O)CCC/C=C\C/C=C\C/C=C\CCCCCCCC)OC(=O)CCC/C=C\C/C=C\C/C=C\CCCCCCCC. The number of rotatable bonds is 51. The molecule has 1 atom stereocenters. The molecular formula is C64H106O6. The summed E-state index contributed by atoms with van der Waals surface area (Å²) in [6, 6.07) is 0. The molecule has 0 aromatic rings. The molecule has 0 aromatic heterocycles. The molecule has 0 saturated carbocycles. The van der Waals surface area contributed by atoms with Crippen LogP contribution in [-0.4, -0.2) is 37.2 Å². The standard InChI is InChI=1S/C64H106O6/c1-4-7-10-13-16-19-22-25-28-31-34-36-39-42-45-48-51-54-57-63(66)69-60-61(70-64(67)58-55-52-49-46-43-40-37-33-30-27-24-21-18-15-12-9-6-3)59-68-62(65)56-53-50-47-44-41-38-35-32-29-26-23-20-17-14-11-8-5-2/h22,25-31,34-38,40,44,46-47,49,61H,4-21,23-24,32-33,39,41-43,45,48,50-60H2,1-3H3/b25-22-,29-26-,30-27-,31-28-,36-34-,38-35-,40-37-,47-44-,49-46-. The van der Waals surface area contributed by atoms with Crippen LogP contribution in [0.4, 0.5) is 0 Å². The van der Waals surface area contributed by atoms with Gasteiger partial charge in [0, 0.05) is 19.3 Å². The monoisotopic (exact) mass is 971 g/mol. The Balaban J connectivity index is 4.59. The first-order valence-corrected chi connectivity index (χ1v) is 28.9. The molecule has 0 heterocycles. The van der Waals surface area contributed by atoms with Gasteiger partial charge in [0.25, 0.3) is 0 Å². The summed E-state index contributed by atoms with van der Waals surface area (Å²) >= 11 is 0. The van der Waals surface area contributed by atoms with E-state index in [9.17, 15) is 14.4 Å². The van der Waals surface area contributed by atoms with Gasteiger partial charge in [-0.25, -0.2) is 0 Å². The Bertz CT molecular complexity index is 1440. The van der Waals surface area contributed by atoms with E-state index in [2.05, 4.69) is 130 Å². The summed E-state index contributed by atoms with van der Waals surface area (Å²) in [7, 11) is 0. The molecule has 6 heteroatoms. The Hall–Kier alpha value is -3.93.